The summed E-state index contributed by atoms with van der Waals surface area (Å²) in [6.07, 6.45) is 1.10. The Kier molecular flexibility index (Phi) is 3.89. The van der Waals surface area contributed by atoms with E-state index in [-0.39, 0.29) is 5.91 Å². The predicted molar refractivity (Wildman–Crippen MR) is 62.4 cm³/mol. The number of sulfonamides is 1. The molecule has 0 saturated heterocycles. The lowest BCUT2D eigenvalue weighted by Gasteiger charge is -2.05. The number of rotatable bonds is 4. The highest BCUT2D eigenvalue weighted by Crippen LogP contribution is 2.10. The Morgan fingerprint density at radius 1 is 1.25 bits per heavy atom. The maximum atomic E-state index is 10.9. The molecule has 2 N–H and O–H groups in total. The number of carbonyl (C=O) groups is 1. The summed E-state index contributed by atoms with van der Waals surface area (Å²) in [7, 11) is -3.24. The molecule has 0 fully saturated rings. The van der Waals surface area contributed by atoms with Crippen LogP contribution in [0.3, 0.4) is 0 Å². The summed E-state index contributed by atoms with van der Waals surface area (Å²) < 4.78 is 24.2. The second-order valence-corrected chi connectivity index (χ2v) is 5.23. The lowest BCUT2D eigenvalue weighted by Crippen LogP contribution is -2.18. The summed E-state index contributed by atoms with van der Waals surface area (Å²) in [5.74, 6) is -0.0988. The molecule has 0 atom stereocenters. The molecule has 1 aromatic carbocycles. The van der Waals surface area contributed by atoms with Crippen LogP contribution in [-0.4, -0.2) is 20.6 Å². The van der Waals surface area contributed by atoms with Crippen molar-refractivity contribution >= 4 is 21.6 Å². The van der Waals surface area contributed by atoms with E-state index in [9.17, 15) is 13.2 Å². The molecule has 0 aliphatic heterocycles. The van der Waals surface area contributed by atoms with Gasteiger partial charge in [0.25, 0.3) is 0 Å². The lowest BCUT2D eigenvalue weighted by molar-refractivity contribution is -0.119. The Morgan fingerprint density at radius 3 is 2.25 bits per heavy atom. The van der Waals surface area contributed by atoms with E-state index in [4.69, 9.17) is 0 Å². The quantitative estimate of drug-likeness (QED) is 0.815. The smallest absolute Gasteiger partial charge is 0.229 e. The van der Waals surface area contributed by atoms with Crippen LogP contribution in [0, 0.1) is 0 Å². The first-order valence-electron chi connectivity index (χ1n) is 4.68. The first-order chi connectivity index (χ1) is 7.37. The topological polar surface area (TPSA) is 75.3 Å². The predicted octanol–water partition coefficient (Wildman–Crippen LogP) is 0.694. The number of benzene rings is 1. The van der Waals surface area contributed by atoms with Gasteiger partial charge in [0.15, 0.2) is 0 Å². The van der Waals surface area contributed by atoms with Gasteiger partial charge in [0.2, 0.25) is 15.9 Å². The van der Waals surface area contributed by atoms with Crippen molar-refractivity contribution in [3.63, 3.8) is 0 Å². The number of hydrogen-bond donors (Lipinski definition) is 2. The fraction of sp³-hybridized carbons (Fsp3) is 0.300. The van der Waals surface area contributed by atoms with Crippen LogP contribution in [-0.2, 0) is 21.4 Å². The van der Waals surface area contributed by atoms with E-state index in [1.165, 1.54) is 6.92 Å². The Bertz CT molecular complexity index is 465. The summed E-state index contributed by atoms with van der Waals surface area (Å²) in [5.41, 5.74) is 1.42. The fourth-order valence-electron chi connectivity index (χ4n) is 1.13. The van der Waals surface area contributed by atoms with E-state index in [1.807, 2.05) is 0 Å². The number of nitrogens with one attached hydrogen (secondary N) is 2. The fourth-order valence-corrected chi connectivity index (χ4v) is 1.70. The van der Waals surface area contributed by atoms with Gasteiger partial charge in [0.1, 0.15) is 0 Å². The maximum absolute atomic E-state index is 10.9. The second kappa shape index (κ2) is 4.98. The highest BCUT2D eigenvalue weighted by atomic mass is 32.2. The first-order valence-corrected chi connectivity index (χ1v) is 6.57. The van der Waals surface area contributed by atoms with Gasteiger partial charge in [-0.2, -0.15) is 0 Å². The van der Waals surface area contributed by atoms with E-state index in [2.05, 4.69) is 10.0 Å². The van der Waals surface area contributed by atoms with E-state index in [0.29, 0.717) is 12.2 Å². The average molecular weight is 242 g/mol. The molecule has 0 aliphatic rings. The molecule has 0 radical (unpaired) electrons. The molecule has 0 aromatic heterocycles. The largest absolute Gasteiger partial charge is 0.352 e. The molecule has 5 nitrogen and oxygen atoms in total. The Balaban J connectivity index is 2.64. The van der Waals surface area contributed by atoms with Crippen LogP contribution in [0.5, 0.6) is 0 Å². The average Bonchev–Trinajstić information content (AvgIpc) is 2.14. The standard InChI is InChI=1S/C10H14N2O3S/c1-8(13)11-7-9-3-5-10(6-4-9)12-16(2,14)15/h3-6,12H,7H2,1-2H3,(H,11,13). The van der Waals surface area contributed by atoms with Gasteiger partial charge in [-0.15, -0.1) is 0 Å². The molecule has 0 unspecified atom stereocenters. The van der Waals surface area contributed by atoms with Crippen molar-refractivity contribution in [3.8, 4) is 0 Å². The monoisotopic (exact) mass is 242 g/mol. The number of hydrogen-bond acceptors (Lipinski definition) is 3. The normalized spacial score (nSPS) is 10.9. The van der Waals surface area contributed by atoms with Gasteiger partial charge in [-0.25, -0.2) is 8.42 Å². The lowest BCUT2D eigenvalue weighted by atomic mass is 10.2. The maximum Gasteiger partial charge on any atom is 0.229 e. The third-order valence-electron chi connectivity index (χ3n) is 1.80. The SMILES string of the molecule is CC(=O)NCc1ccc(NS(C)(=O)=O)cc1. The molecular weight excluding hydrogens is 228 g/mol. The van der Waals surface area contributed by atoms with Gasteiger partial charge in [0, 0.05) is 19.2 Å². The van der Waals surface area contributed by atoms with Crippen molar-refractivity contribution in [3.05, 3.63) is 29.8 Å². The summed E-state index contributed by atoms with van der Waals surface area (Å²) in [6, 6.07) is 6.81. The number of carbonyl (C=O) groups excluding carboxylic acids is 1. The molecule has 0 heterocycles. The molecule has 88 valence electrons. The molecule has 0 saturated carbocycles. The highest BCUT2D eigenvalue weighted by Gasteiger charge is 2.01. The van der Waals surface area contributed by atoms with Gasteiger partial charge >= 0.3 is 0 Å². The van der Waals surface area contributed by atoms with Crippen LogP contribution in [0.1, 0.15) is 12.5 Å². The van der Waals surface area contributed by atoms with Crippen LogP contribution in [0.25, 0.3) is 0 Å². The molecule has 0 aliphatic carbocycles. The molecule has 1 amide bonds. The molecular formula is C10H14N2O3S. The van der Waals surface area contributed by atoms with E-state index < -0.39 is 10.0 Å². The van der Waals surface area contributed by atoms with Crippen molar-refractivity contribution < 1.29 is 13.2 Å². The summed E-state index contributed by atoms with van der Waals surface area (Å²) in [6.45, 7) is 1.88. The minimum Gasteiger partial charge on any atom is -0.352 e. The first kappa shape index (κ1) is 12.5. The van der Waals surface area contributed by atoms with Gasteiger partial charge in [0.05, 0.1) is 6.26 Å². The molecule has 1 rings (SSSR count). The van der Waals surface area contributed by atoms with Crippen LogP contribution in [0.4, 0.5) is 5.69 Å². The van der Waals surface area contributed by atoms with Crippen molar-refractivity contribution in [2.75, 3.05) is 11.0 Å². The third kappa shape index (κ3) is 4.79. The minimum absolute atomic E-state index is 0.0988. The zero-order chi connectivity index (χ0) is 12.2. The Morgan fingerprint density at radius 2 is 1.81 bits per heavy atom. The number of amides is 1. The second-order valence-electron chi connectivity index (χ2n) is 3.48. The highest BCUT2D eigenvalue weighted by molar-refractivity contribution is 7.92. The van der Waals surface area contributed by atoms with Crippen LogP contribution in [0.2, 0.25) is 0 Å². The molecule has 0 bridgehead atoms. The van der Waals surface area contributed by atoms with E-state index >= 15 is 0 Å². The van der Waals surface area contributed by atoms with Gasteiger partial charge in [-0.3, -0.25) is 9.52 Å². The third-order valence-corrected chi connectivity index (χ3v) is 2.41. The zero-order valence-corrected chi connectivity index (χ0v) is 9.97. The van der Waals surface area contributed by atoms with Gasteiger partial charge < -0.3 is 5.32 Å². The minimum atomic E-state index is -3.24. The van der Waals surface area contributed by atoms with Crippen molar-refractivity contribution in [1.82, 2.24) is 5.32 Å². The van der Waals surface area contributed by atoms with E-state index in [0.717, 1.165) is 11.8 Å². The summed E-state index contributed by atoms with van der Waals surface area (Å²) in [5, 5.41) is 2.65. The van der Waals surface area contributed by atoms with Crippen LogP contribution in [0.15, 0.2) is 24.3 Å². The molecule has 6 heteroatoms. The Labute approximate surface area is 94.9 Å². The summed E-state index contributed by atoms with van der Waals surface area (Å²) >= 11 is 0. The van der Waals surface area contributed by atoms with Crippen molar-refractivity contribution in [2.45, 2.75) is 13.5 Å². The van der Waals surface area contributed by atoms with Crippen molar-refractivity contribution in [1.29, 1.82) is 0 Å². The van der Waals surface area contributed by atoms with E-state index in [1.54, 1.807) is 24.3 Å². The van der Waals surface area contributed by atoms with Gasteiger partial charge in [-0.05, 0) is 17.7 Å². The van der Waals surface area contributed by atoms with Gasteiger partial charge in [-0.1, -0.05) is 12.1 Å². The zero-order valence-electron chi connectivity index (χ0n) is 9.15. The molecule has 0 spiro atoms. The van der Waals surface area contributed by atoms with Crippen molar-refractivity contribution in [2.24, 2.45) is 0 Å². The molecule has 1 aromatic rings. The van der Waals surface area contributed by atoms with Crippen LogP contribution >= 0.6 is 0 Å². The summed E-state index contributed by atoms with van der Waals surface area (Å²) in [4.78, 5) is 10.7. The number of anilines is 1. The molecule has 16 heavy (non-hydrogen) atoms. The Hall–Kier alpha value is -1.56. The van der Waals surface area contributed by atoms with Crippen LogP contribution < -0.4 is 10.0 Å².